The number of rotatable bonds is 6. The van der Waals surface area contributed by atoms with Crippen molar-refractivity contribution in [1.29, 1.82) is 0 Å². The molecule has 3 nitrogen and oxygen atoms in total. The van der Waals surface area contributed by atoms with Gasteiger partial charge in [0.1, 0.15) is 11.5 Å². The van der Waals surface area contributed by atoms with Crippen molar-refractivity contribution in [2.24, 2.45) is 0 Å². The van der Waals surface area contributed by atoms with Crippen LogP contribution in [0.25, 0.3) is 67.0 Å². The number of phenols is 2. The molecule has 0 aliphatic carbocycles. The molecule has 0 unspecified atom stereocenters. The second kappa shape index (κ2) is 13.7. The van der Waals surface area contributed by atoms with Crippen LogP contribution in [0.15, 0.2) is 152 Å². The molecule has 0 saturated carbocycles. The summed E-state index contributed by atoms with van der Waals surface area (Å²) in [5.74, 6) is 0.491. The Hall–Kier alpha value is -5.06. The maximum absolute atomic E-state index is 11.6. The fourth-order valence-electron chi connectivity index (χ4n) is 6.26. The molecule has 0 radical (unpaired) electrons. The third-order valence-corrected chi connectivity index (χ3v) is 8.41. The fourth-order valence-corrected chi connectivity index (χ4v) is 6.26. The fraction of sp³-hybridized carbons (Fsp3) is 0.0465. The van der Waals surface area contributed by atoms with Crippen LogP contribution in [0.3, 0.4) is 0 Å². The average molecular weight is 774 g/mol. The Labute approximate surface area is 294 Å². The van der Waals surface area contributed by atoms with Gasteiger partial charge in [0.05, 0.1) is 11.4 Å². The van der Waals surface area contributed by atoms with Crippen molar-refractivity contribution in [1.82, 2.24) is 4.98 Å². The molecule has 7 aromatic rings. The normalized spacial score (nSPS) is 10.8. The minimum Gasteiger partial charge on any atom is -0.507 e. The van der Waals surface area contributed by atoms with E-state index >= 15 is 0 Å². The molecular formula is C43H33HfNO2. The molecule has 0 fully saturated rings. The first-order valence-electron chi connectivity index (χ1n) is 15.4. The van der Waals surface area contributed by atoms with Gasteiger partial charge in [0, 0.05) is 59.2 Å². The van der Waals surface area contributed by atoms with Gasteiger partial charge in [-0.3, -0.25) is 0 Å². The molecule has 1 heterocycles. The van der Waals surface area contributed by atoms with Crippen LogP contribution in [0.4, 0.5) is 0 Å². The zero-order chi connectivity index (χ0) is 31.6. The first-order valence-corrected chi connectivity index (χ1v) is 15.4. The smallest absolute Gasteiger partial charge is 0.131 e. The van der Waals surface area contributed by atoms with Crippen molar-refractivity contribution in [3.05, 3.63) is 163 Å². The van der Waals surface area contributed by atoms with Gasteiger partial charge in [0.15, 0.2) is 0 Å². The van der Waals surface area contributed by atoms with Gasteiger partial charge in [0.2, 0.25) is 0 Å². The van der Waals surface area contributed by atoms with Gasteiger partial charge in [-0.1, -0.05) is 115 Å². The van der Waals surface area contributed by atoms with E-state index in [1.807, 2.05) is 140 Å². The maximum atomic E-state index is 11.6. The monoisotopic (exact) mass is 775 g/mol. The van der Waals surface area contributed by atoms with Crippen molar-refractivity contribution in [3.63, 3.8) is 0 Å². The van der Waals surface area contributed by atoms with Gasteiger partial charge < -0.3 is 10.2 Å². The van der Waals surface area contributed by atoms with Crippen LogP contribution in [0.1, 0.15) is 11.1 Å². The summed E-state index contributed by atoms with van der Waals surface area (Å²) in [7, 11) is 0. The Morgan fingerprint density at radius 3 is 1.11 bits per heavy atom. The van der Waals surface area contributed by atoms with Gasteiger partial charge in [-0.15, -0.1) is 0 Å². The van der Waals surface area contributed by atoms with E-state index in [-0.39, 0.29) is 37.3 Å². The number of hydrogen-bond donors (Lipinski definition) is 2. The number of benzene rings is 6. The van der Waals surface area contributed by atoms with Gasteiger partial charge in [-0.25, -0.2) is 4.98 Å². The minimum atomic E-state index is 0. The van der Waals surface area contributed by atoms with E-state index in [1.165, 1.54) is 0 Å². The van der Waals surface area contributed by atoms with Crippen molar-refractivity contribution >= 4 is 0 Å². The molecule has 6 aromatic carbocycles. The third kappa shape index (κ3) is 6.34. The van der Waals surface area contributed by atoms with E-state index in [2.05, 4.69) is 26.0 Å². The minimum absolute atomic E-state index is 0. The van der Waals surface area contributed by atoms with Crippen LogP contribution in [-0.2, 0) is 25.8 Å². The number of nitrogens with zero attached hydrogens (tertiary/aromatic N) is 1. The molecule has 4 heteroatoms. The molecule has 0 saturated heterocycles. The quantitative estimate of drug-likeness (QED) is 0.166. The zero-order valence-corrected chi connectivity index (χ0v) is 29.9. The topological polar surface area (TPSA) is 53.4 Å². The molecule has 0 amide bonds. The molecule has 226 valence electrons. The summed E-state index contributed by atoms with van der Waals surface area (Å²) < 4.78 is 0. The second-order valence-corrected chi connectivity index (χ2v) is 11.6. The van der Waals surface area contributed by atoms with Crippen LogP contribution in [0.5, 0.6) is 11.5 Å². The summed E-state index contributed by atoms with van der Waals surface area (Å²) in [6.45, 7) is 4.11. The van der Waals surface area contributed by atoms with E-state index < -0.39 is 0 Å². The number of aromatic hydroxyl groups is 2. The number of hydrogen-bond acceptors (Lipinski definition) is 3. The first kappa shape index (κ1) is 31.9. The number of aromatic nitrogens is 1. The summed E-state index contributed by atoms with van der Waals surface area (Å²) in [5.41, 5.74) is 12.4. The Balaban J connectivity index is 0.00000386. The molecule has 7 rings (SSSR count). The van der Waals surface area contributed by atoms with E-state index in [1.54, 1.807) is 0 Å². The molecule has 0 bridgehead atoms. The van der Waals surface area contributed by atoms with Crippen LogP contribution in [0.2, 0.25) is 0 Å². The molecular weight excluding hydrogens is 741 g/mol. The summed E-state index contributed by atoms with van der Waals surface area (Å²) in [5, 5.41) is 23.2. The Bertz CT molecular complexity index is 2040. The van der Waals surface area contributed by atoms with E-state index in [9.17, 15) is 10.2 Å². The number of aryl methyl sites for hydroxylation is 2. The SMILES string of the molecule is Cc1cc(-c2ccccc2)c(O)c(-c2ccccc2-c2cccc(-c3ccccc3-c3cc(C)cc(-c4ccccc4)c3O)n2)c1.[Hf]. The predicted octanol–water partition coefficient (Wildman–Crippen LogP) is 11.1. The number of pyridine rings is 1. The molecule has 47 heavy (non-hydrogen) atoms. The molecule has 0 aliphatic heterocycles. The van der Waals surface area contributed by atoms with Crippen molar-refractivity contribution < 1.29 is 36.1 Å². The Morgan fingerprint density at radius 2 is 0.702 bits per heavy atom. The summed E-state index contributed by atoms with van der Waals surface area (Å²) >= 11 is 0. The molecule has 0 aliphatic rings. The standard InChI is InChI=1S/C43H33NO2.Hf/c1-28-24-36(30-14-5-3-6-15-30)42(45)38(26-28)32-18-9-11-20-34(32)40-22-13-23-41(44-40)35-21-12-10-19-33(35)39-27-29(2)25-37(43(39)46)31-16-7-4-8-17-31;/h3-27,45-46H,1-2H3;. The molecule has 0 atom stereocenters. The van der Waals surface area contributed by atoms with Crippen molar-refractivity contribution in [2.75, 3.05) is 0 Å². The van der Waals surface area contributed by atoms with Gasteiger partial charge >= 0.3 is 0 Å². The second-order valence-electron chi connectivity index (χ2n) is 11.6. The molecule has 0 spiro atoms. The van der Waals surface area contributed by atoms with Crippen LogP contribution in [0, 0.1) is 13.8 Å². The summed E-state index contributed by atoms with van der Waals surface area (Å²) in [6, 6.07) is 50.3. The van der Waals surface area contributed by atoms with E-state index in [0.29, 0.717) is 0 Å². The third-order valence-electron chi connectivity index (χ3n) is 8.41. The van der Waals surface area contributed by atoms with E-state index in [0.717, 1.165) is 78.1 Å². The van der Waals surface area contributed by atoms with Crippen molar-refractivity contribution in [3.8, 4) is 78.5 Å². The van der Waals surface area contributed by atoms with Crippen LogP contribution in [-0.4, -0.2) is 15.2 Å². The Kier molecular flexibility index (Phi) is 9.33. The Morgan fingerprint density at radius 1 is 0.362 bits per heavy atom. The summed E-state index contributed by atoms with van der Waals surface area (Å²) in [6.07, 6.45) is 0. The van der Waals surface area contributed by atoms with Crippen molar-refractivity contribution in [2.45, 2.75) is 13.8 Å². The van der Waals surface area contributed by atoms with Gasteiger partial charge in [-0.2, -0.15) is 0 Å². The predicted molar refractivity (Wildman–Crippen MR) is 190 cm³/mol. The average Bonchev–Trinajstić information content (AvgIpc) is 3.11. The summed E-state index contributed by atoms with van der Waals surface area (Å²) in [4.78, 5) is 5.19. The molecule has 1 aromatic heterocycles. The van der Waals surface area contributed by atoms with Crippen LogP contribution >= 0.6 is 0 Å². The maximum Gasteiger partial charge on any atom is 0.131 e. The van der Waals surface area contributed by atoms with Crippen LogP contribution < -0.4 is 0 Å². The first-order chi connectivity index (χ1) is 22.5. The van der Waals surface area contributed by atoms with Gasteiger partial charge in [-0.05, 0) is 83.6 Å². The van der Waals surface area contributed by atoms with E-state index in [4.69, 9.17) is 4.98 Å². The molecule has 2 N–H and O–H groups in total. The van der Waals surface area contributed by atoms with Gasteiger partial charge in [0.25, 0.3) is 0 Å². The largest absolute Gasteiger partial charge is 0.507 e. The zero-order valence-electron chi connectivity index (χ0n) is 26.3. The number of phenolic OH excluding ortho intramolecular Hbond substituents is 2.